The summed E-state index contributed by atoms with van der Waals surface area (Å²) < 4.78 is 34.9. The molecule has 0 radical (unpaired) electrons. The summed E-state index contributed by atoms with van der Waals surface area (Å²) in [4.78, 5) is 73.6. The number of aliphatic hydroxyl groups is 1. The van der Waals surface area contributed by atoms with Gasteiger partial charge in [-0.2, -0.15) is 5.10 Å². The number of nitrogens with two attached hydrogens (primary N) is 1. The molecule has 0 aliphatic carbocycles. The van der Waals surface area contributed by atoms with Crippen molar-refractivity contribution in [2.24, 2.45) is 0 Å². The Bertz CT molecular complexity index is 3400. The van der Waals surface area contributed by atoms with Crippen molar-refractivity contribution < 1.29 is 54.1 Å². The standard InChI is InChI=1S/C35H35F2N9O.C24H31N6O4.W/c1-23-41-31-6-5-30(25-8-11-39-32(38)19-25)42-35(31)46(23)26-20-28(36)34(29(37)21-26)45-17-15-43(16-18-45)12-2-3-24-4-7-33(40-22-24)44-13-9-27(47)10-14-44;1-25-23(33)22(7-4-12-31)29(2)24(34)19-5-3-6-21(20(19)16-32)27-13-17-14-28-30(15-17)18-8-10-26-11-9-18;/h4-8,11,19-22,27,47H,9-10,12-18H2,1H3,(H2,38,39);3,5-6,12,14-16,18,22,27H,4,7-11,13H2,1-2H3,(H,25,33);/q;-1;. The first-order valence-electron chi connectivity index (χ1n) is 27.2. The fourth-order valence-corrected chi connectivity index (χ4v) is 10.4. The van der Waals surface area contributed by atoms with Crippen molar-refractivity contribution in [2.75, 3.05) is 93.8 Å². The number of aldehydes is 2. The Morgan fingerprint density at radius 3 is 2.37 bits per heavy atom. The predicted octanol–water partition coefficient (Wildman–Crippen LogP) is 6.36. The molecular formula is C59H66F2N15O5W-. The van der Waals surface area contributed by atoms with E-state index in [0.717, 1.165) is 74.4 Å². The van der Waals surface area contributed by atoms with Crippen molar-refractivity contribution >= 4 is 58.6 Å². The number of nitrogen functional groups attached to an aromatic ring is 1. The van der Waals surface area contributed by atoms with Gasteiger partial charge in [0, 0.05) is 147 Å². The normalized spacial score (nSPS) is 15.3. The van der Waals surface area contributed by atoms with Crippen LogP contribution in [-0.2, 0) is 37.2 Å². The number of fused-ring (bicyclic) bond motifs is 1. The number of aliphatic hydroxyl groups excluding tert-OH is 1. The first kappa shape index (κ1) is 60.1. The molecule has 23 heteroatoms. The van der Waals surface area contributed by atoms with Crippen LogP contribution in [0.2, 0.25) is 0 Å². The van der Waals surface area contributed by atoms with E-state index in [1.807, 2.05) is 35.1 Å². The fourth-order valence-electron chi connectivity index (χ4n) is 10.4. The van der Waals surface area contributed by atoms with Gasteiger partial charge in [-0.1, -0.05) is 17.9 Å². The molecule has 5 N–H and O–H groups in total. The molecule has 10 rings (SSSR count). The number of carbonyl (C=O) groups is 4. The molecule has 0 bridgehead atoms. The van der Waals surface area contributed by atoms with E-state index in [1.54, 1.807) is 65.3 Å². The van der Waals surface area contributed by atoms with E-state index in [1.165, 1.54) is 31.1 Å². The number of carbonyl (C=O) groups excluding carboxylic acids is 4. The molecule has 82 heavy (non-hydrogen) atoms. The summed E-state index contributed by atoms with van der Waals surface area (Å²) in [6.45, 7) is 8.29. The van der Waals surface area contributed by atoms with Gasteiger partial charge in [-0.05, 0) is 87.6 Å². The molecule has 0 saturated carbocycles. The molecule has 3 saturated heterocycles. The van der Waals surface area contributed by atoms with Crippen LogP contribution >= 0.6 is 0 Å². The number of nitrogens with one attached hydrogen (secondary N) is 2. The molecule has 2 aromatic carbocycles. The molecule has 428 valence electrons. The van der Waals surface area contributed by atoms with Crippen molar-refractivity contribution in [3.63, 3.8) is 0 Å². The van der Waals surface area contributed by atoms with Gasteiger partial charge in [-0.25, -0.2) is 28.7 Å². The Morgan fingerprint density at radius 1 is 0.927 bits per heavy atom. The van der Waals surface area contributed by atoms with Gasteiger partial charge in [0.05, 0.1) is 41.4 Å². The summed E-state index contributed by atoms with van der Waals surface area (Å²) in [7, 11) is 2.97. The molecule has 1 unspecified atom stereocenters. The number of amides is 2. The largest absolute Gasteiger partial charge is 0.662 e. The van der Waals surface area contributed by atoms with Crippen LogP contribution < -0.4 is 26.2 Å². The van der Waals surface area contributed by atoms with E-state index in [9.17, 15) is 24.3 Å². The number of hydrogen-bond donors (Lipinski definition) is 4. The second-order valence-electron chi connectivity index (χ2n) is 20.2. The van der Waals surface area contributed by atoms with Gasteiger partial charge in [0.2, 0.25) is 5.91 Å². The van der Waals surface area contributed by atoms with Crippen molar-refractivity contribution in [3.8, 4) is 28.8 Å². The molecule has 3 fully saturated rings. The molecule has 5 aromatic heterocycles. The number of benzene rings is 2. The van der Waals surface area contributed by atoms with E-state index in [-0.39, 0.29) is 62.7 Å². The van der Waals surface area contributed by atoms with Crippen LogP contribution in [0.4, 0.5) is 31.8 Å². The number of aryl methyl sites for hydroxylation is 1. The van der Waals surface area contributed by atoms with Crippen LogP contribution in [0.25, 0.3) is 33.4 Å². The maximum absolute atomic E-state index is 15.6. The molecule has 3 aliphatic heterocycles. The average Bonchev–Trinajstić information content (AvgIpc) is 4.32. The summed E-state index contributed by atoms with van der Waals surface area (Å²) in [6.07, 6.45) is 12.1. The Balaban J connectivity index is 0.000000224. The second-order valence-corrected chi connectivity index (χ2v) is 20.2. The van der Waals surface area contributed by atoms with Gasteiger partial charge in [0.15, 0.2) is 23.6 Å². The zero-order valence-corrected chi connectivity index (χ0v) is 49.0. The minimum atomic E-state index is -0.822. The number of rotatable bonds is 16. The van der Waals surface area contributed by atoms with Crippen LogP contribution in [0.3, 0.4) is 0 Å². The molecule has 3 aliphatic rings. The van der Waals surface area contributed by atoms with Gasteiger partial charge in [0.1, 0.15) is 41.0 Å². The zero-order valence-electron chi connectivity index (χ0n) is 46.0. The first-order valence-corrected chi connectivity index (χ1v) is 27.2. The zero-order chi connectivity index (χ0) is 57.0. The second kappa shape index (κ2) is 28.1. The number of imidazole rings is 1. The SMILES string of the molecule is CNC(=O)C(CCC=O)N(C)C(=O)c1cccc(NCc2cnn(C3CC[N-]CC3)c2)c1C=O.Cc1nc2ccc(-c3ccnc(N)c3)nc2n1-c1cc(F)c(N2CCN(CC#Cc3ccc(N4CCC(O)CC4)nc3)CC2)c(F)c1.[W]. The number of piperidine rings is 2. The number of hydrogen-bond acceptors (Lipinski definition) is 15. The third kappa shape index (κ3) is 14.4. The van der Waals surface area contributed by atoms with Crippen molar-refractivity contribution in [1.82, 2.24) is 49.4 Å². The maximum atomic E-state index is 15.6. The minimum absolute atomic E-state index is 0. The third-order valence-corrected chi connectivity index (χ3v) is 14.9. The molecule has 7 aromatic rings. The fraction of sp³-hybridized carbons (Fsp3) is 0.373. The van der Waals surface area contributed by atoms with E-state index >= 15 is 8.78 Å². The van der Waals surface area contributed by atoms with Gasteiger partial charge in [-0.3, -0.25) is 28.5 Å². The quantitative estimate of drug-likeness (QED) is 0.0608. The van der Waals surface area contributed by atoms with E-state index in [0.29, 0.717) is 97.8 Å². The number of pyridine rings is 3. The van der Waals surface area contributed by atoms with Crippen LogP contribution in [0, 0.1) is 30.4 Å². The number of anilines is 4. The number of aromatic nitrogens is 7. The van der Waals surface area contributed by atoms with Crippen LogP contribution in [0.15, 0.2) is 91.5 Å². The number of nitrogens with zero attached hydrogens (tertiary/aromatic N) is 12. The van der Waals surface area contributed by atoms with Crippen LogP contribution in [0.5, 0.6) is 0 Å². The predicted molar refractivity (Wildman–Crippen MR) is 306 cm³/mol. The molecular weight excluding hydrogens is 1220 g/mol. The minimum Gasteiger partial charge on any atom is -0.662 e. The molecule has 8 heterocycles. The summed E-state index contributed by atoms with van der Waals surface area (Å²) in [6, 6.07) is 18.3. The van der Waals surface area contributed by atoms with Gasteiger partial charge in [0.25, 0.3) is 5.91 Å². The Kier molecular flexibility index (Phi) is 20.6. The Morgan fingerprint density at radius 2 is 1.68 bits per heavy atom. The molecule has 1 atom stereocenters. The van der Waals surface area contributed by atoms with Crippen molar-refractivity contribution in [2.45, 2.75) is 70.2 Å². The summed E-state index contributed by atoms with van der Waals surface area (Å²) in [5.41, 5.74) is 11.4. The summed E-state index contributed by atoms with van der Waals surface area (Å²) in [5, 5.41) is 24.3. The molecule has 20 nitrogen and oxygen atoms in total. The van der Waals surface area contributed by atoms with E-state index in [4.69, 9.17) is 10.7 Å². The molecule has 2 amide bonds. The summed E-state index contributed by atoms with van der Waals surface area (Å²) >= 11 is 0. The first-order chi connectivity index (χ1) is 39.3. The monoisotopic (exact) mass is 1290 g/mol. The molecule has 0 spiro atoms. The smallest absolute Gasteiger partial charge is 0.255 e. The van der Waals surface area contributed by atoms with Crippen LogP contribution in [0.1, 0.15) is 82.2 Å². The maximum Gasteiger partial charge on any atom is 0.255 e. The van der Waals surface area contributed by atoms with Gasteiger partial charge >= 0.3 is 0 Å². The summed E-state index contributed by atoms with van der Waals surface area (Å²) in [5.74, 6) is 6.11. The Hall–Kier alpha value is -7.96. The number of piperazine rings is 1. The Labute approximate surface area is 489 Å². The van der Waals surface area contributed by atoms with Gasteiger partial charge in [-0.15, -0.1) is 13.1 Å². The number of halogens is 2. The van der Waals surface area contributed by atoms with Crippen LogP contribution in [-0.4, -0.2) is 159 Å². The van der Waals surface area contributed by atoms with E-state index in [2.05, 4.69) is 57.6 Å². The topological polar surface area (TPSA) is 240 Å². The van der Waals surface area contributed by atoms with Crippen molar-refractivity contribution in [3.05, 3.63) is 137 Å². The third-order valence-electron chi connectivity index (χ3n) is 14.9. The van der Waals surface area contributed by atoms with E-state index < -0.39 is 23.6 Å². The van der Waals surface area contributed by atoms with Gasteiger partial charge < -0.3 is 46.3 Å². The average molecular weight is 1290 g/mol. The van der Waals surface area contributed by atoms with Crippen molar-refractivity contribution in [1.29, 1.82) is 0 Å². The number of likely N-dealkylation sites (N-methyl/N-ethyl adjacent to an activating group) is 2.